The highest BCUT2D eigenvalue weighted by Gasteiger charge is 2.46. The van der Waals surface area contributed by atoms with Gasteiger partial charge in [0.05, 0.1) is 0 Å². The van der Waals surface area contributed by atoms with Crippen molar-refractivity contribution in [3.8, 4) is 0 Å². The van der Waals surface area contributed by atoms with E-state index in [4.69, 9.17) is 0 Å². The lowest BCUT2D eigenvalue weighted by Gasteiger charge is -2.35. The zero-order chi connectivity index (χ0) is 13.9. The highest BCUT2D eigenvalue weighted by Crippen LogP contribution is 2.39. The third kappa shape index (κ3) is 3.05. The van der Waals surface area contributed by atoms with E-state index in [1.165, 1.54) is 6.42 Å². The molecule has 1 saturated carbocycles. The van der Waals surface area contributed by atoms with E-state index in [-0.39, 0.29) is 11.8 Å². The zero-order valence-corrected chi connectivity index (χ0v) is 12.1. The lowest BCUT2D eigenvalue weighted by atomic mass is 9.74. The van der Waals surface area contributed by atoms with Crippen molar-refractivity contribution in [2.45, 2.75) is 65.4 Å². The summed E-state index contributed by atoms with van der Waals surface area (Å²) in [5.74, 6) is -0.0548. The molecule has 0 radical (unpaired) electrons. The molecule has 3 atom stereocenters. The molecule has 0 saturated heterocycles. The summed E-state index contributed by atoms with van der Waals surface area (Å²) >= 11 is 0. The van der Waals surface area contributed by atoms with Crippen molar-refractivity contribution in [1.82, 2.24) is 0 Å². The summed E-state index contributed by atoms with van der Waals surface area (Å²) in [6.45, 7) is 8.07. The molecule has 3 unspecified atom stereocenters. The summed E-state index contributed by atoms with van der Waals surface area (Å²) in [5.41, 5.74) is -1.55. The van der Waals surface area contributed by atoms with Crippen molar-refractivity contribution in [1.29, 1.82) is 0 Å². The van der Waals surface area contributed by atoms with Crippen molar-refractivity contribution in [2.24, 2.45) is 23.7 Å². The molecule has 1 rings (SSSR count). The van der Waals surface area contributed by atoms with E-state index >= 15 is 0 Å². The van der Waals surface area contributed by atoms with Crippen LogP contribution in [0.15, 0.2) is 0 Å². The number of aliphatic hydroxyl groups is 1. The van der Waals surface area contributed by atoms with E-state index in [2.05, 4.69) is 13.8 Å². The number of hydrogen-bond acceptors (Lipinski definition) is 2. The fourth-order valence-electron chi connectivity index (χ4n) is 3.33. The molecule has 1 aliphatic carbocycles. The Balaban J connectivity index is 2.80. The Bertz CT molecular complexity index is 285. The predicted octanol–water partition coefficient (Wildman–Crippen LogP) is 3.31. The number of carboxylic acid groups (broad SMARTS) is 1. The molecule has 1 fully saturated rings. The standard InChI is InChI=1S/C15H28O3/c1-10(2)12-6-5-7-13(9-8-12)15(18,11(3)4)14(16)17/h10-13,18H,5-9H2,1-4H3,(H,16,17). The van der Waals surface area contributed by atoms with E-state index in [1.54, 1.807) is 13.8 Å². The van der Waals surface area contributed by atoms with E-state index in [1.807, 2.05) is 0 Å². The van der Waals surface area contributed by atoms with Gasteiger partial charge in [-0.15, -0.1) is 0 Å². The zero-order valence-electron chi connectivity index (χ0n) is 12.1. The molecular weight excluding hydrogens is 228 g/mol. The minimum absolute atomic E-state index is 0.0984. The molecule has 0 aromatic carbocycles. The predicted molar refractivity (Wildman–Crippen MR) is 72.3 cm³/mol. The fraction of sp³-hybridized carbons (Fsp3) is 0.933. The lowest BCUT2D eigenvalue weighted by molar-refractivity contribution is -0.172. The molecule has 2 N–H and O–H groups in total. The van der Waals surface area contributed by atoms with Crippen LogP contribution in [-0.4, -0.2) is 21.8 Å². The van der Waals surface area contributed by atoms with Gasteiger partial charge < -0.3 is 10.2 Å². The van der Waals surface area contributed by atoms with E-state index in [0.717, 1.165) is 25.7 Å². The Hall–Kier alpha value is -0.570. The molecule has 18 heavy (non-hydrogen) atoms. The molecule has 106 valence electrons. The molecule has 0 spiro atoms. The topological polar surface area (TPSA) is 57.5 Å². The van der Waals surface area contributed by atoms with Crippen molar-refractivity contribution >= 4 is 5.97 Å². The normalized spacial score (nSPS) is 29.1. The molecule has 0 aromatic heterocycles. The van der Waals surface area contributed by atoms with E-state index < -0.39 is 11.6 Å². The Morgan fingerprint density at radius 3 is 2.17 bits per heavy atom. The summed E-state index contributed by atoms with van der Waals surface area (Å²) < 4.78 is 0. The first kappa shape index (κ1) is 15.5. The van der Waals surface area contributed by atoms with Crippen LogP contribution < -0.4 is 0 Å². The summed E-state index contributed by atoms with van der Waals surface area (Å²) in [6.07, 6.45) is 4.93. The van der Waals surface area contributed by atoms with Crippen LogP contribution in [0.4, 0.5) is 0 Å². The summed E-state index contributed by atoms with van der Waals surface area (Å²) in [4.78, 5) is 11.4. The van der Waals surface area contributed by atoms with Crippen LogP contribution in [0.25, 0.3) is 0 Å². The van der Waals surface area contributed by atoms with E-state index in [0.29, 0.717) is 11.8 Å². The number of hydrogen-bond donors (Lipinski definition) is 2. The fourth-order valence-corrected chi connectivity index (χ4v) is 3.33. The number of rotatable bonds is 4. The third-order valence-electron chi connectivity index (χ3n) is 4.80. The maximum atomic E-state index is 11.4. The molecule has 3 heteroatoms. The van der Waals surface area contributed by atoms with Gasteiger partial charge in [-0.25, -0.2) is 4.79 Å². The molecule has 3 nitrogen and oxygen atoms in total. The largest absolute Gasteiger partial charge is 0.479 e. The average molecular weight is 256 g/mol. The molecule has 0 aromatic rings. The van der Waals surface area contributed by atoms with Crippen molar-refractivity contribution < 1.29 is 15.0 Å². The number of carboxylic acids is 1. The second kappa shape index (κ2) is 6.05. The smallest absolute Gasteiger partial charge is 0.336 e. The molecule has 1 aliphatic rings. The van der Waals surface area contributed by atoms with Crippen LogP contribution in [0.3, 0.4) is 0 Å². The van der Waals surface area contributed by atoms with Crippen molar-refractivity contribution in [2.75, 3.05) is 0 Å². The van der Waals surface area contributed by atoms with Crippen LogP contribution in [0.1, 0.15) is 59.8 Å². The van der Waals surface area contributed by atoms with Gasteiger partial charge in [-0.1, -0.05) is 40.5 Å². The van der Waals surface area contributed by atoms with Gasteiger partial charge in [0.25, 0.3) is 0 Å². The minimum atomic E-state index is -1.55. The van der Waals surface area contributed by atoms with Crippen LogP contribution in [0.5, 0.6) is 0 Å². The first-order chi connectivity index (χ1) is 8.30. The molecule has 0 heterocycles. The Morgan fingerprint density at radius 1 is 1.11 bits per heavy atom. The molecular formula is C15H28O3. The Kier molecular flexibility index (Phi) is 5.20. The van der Waals surface area contributed by atoms with Crippen molar-refractivity contribution in [3.63, 3.8) is 0 Å². The summed E-state index contributed by atoms with van der Waals surface area (Å²) in [5, 5.41) is 19.9. The Morgan fingerprint density at radius 2 is 1.72 bits per heavy atom. The van der Waals surface area contributed by atoms with Gasteiger partial charge in [0.1, 0.15) is 0 Å². The van der Waals surface area contributed by atoms with Gasteiger partial charge in [0, 0.05) is 0 Å². The number of aliphatic carboxylic acids is 1. The monoisotopic (exact) mass is 256 g/mol. The SMILES string of the molecule is CC(C)C1CCCC(C(O)(C(=O)O)C(C)C)CC1. The second-order valence-corrected chi connectivity index (χ2v) is 6.49. The maximum absolute atomic E-state index is 11.4. The first-order valence-corrected chi connectivity index (χ1v) is 7.25. The second-order valence-electron chi connectivity index (χ2n) is 6.49. The van der Waals surface area contributed by atoms with Crippen LogP contribution >= 0.6 is 0 Å². The van der Waals surface area contributed by atoms with Gasteiger partial charge in [0.2, 0.25) is 0 Å². The van der Waals surface area contributed by atoms with Gasteiger partial charge in [-0.2, -0.15) is 0 Å². The molecule has 0 bridgehead atoms. The summed E-state index contributed by atoms with van der Waals surface area (Å²) in [7, 11) is 0. The summed E-state index contributed by atoms with van der Waals surface area (Å²) in [6, 6.07) is 0. The third-order valence-corrected chi connectivity index (χ3v) is 4.80. The highest BCUT2D eigenvalue weighted by atomic mass is 16.4. The van der Waals surface area contributed by atoms with Crippen molar-refractivity contribution in [3.05, 3.63) is 0 Å². The van der Waals surface area contributed by atoms with E-state index in [9.17, 15) is 15.0 Å². The Labute approximate surface area is 111 Å². The molecule has 0 amide bonds. The molecule has 0 aliphatic heterocycles. The number of carbonyl (C=O) groups is 1. The van der Waals surface area contributed by atoms with Gasteiger partial charge in [-0.05, 0) is 42.9 Å². The van der Waals surface area contributed by atoms with Gasteiger partial charge >= 0.3 is 5.97 Å². The van der Waals surface area contributed by atoms with Crippen LogP contribution in [0.2, 0.25) is 0 Å². The first-order valence-electron chi connectivity index (χ1n) is 7.25. The minimum Gasteiger partial charge on any atom is -0.479 e. The quantitative estimate of drug-likeness (QED) is 0.759. The maximum Gasteiger partial charge on any atom is 0.336 e. The van der Waals surface area contributed by atoms with Crippen LogP contribution in [-0.2, 0) is 4.79 Å². The highest BCUT2D eigenvalue weighted by molar-refractivity contribution is 5.77. The average Bonchev–Trinajstić information content (AvgIpc) is 2.52. The lowest BCUT2D eigenvalue weighted by Crippen LogP contribution is -2.50. The van der Waals surface area contributed by atoms with Gasteiger partial charge in [-0.3, -0.25) is 0 Å². The van der Waals surface area contributed by atoms with Gasteiger partial charge in [0.15, 0.2) is 5.60 Å². The van der Waals surface area contributed by atoms with Crippen LogP contribution in [0, 0.1) is 23.7 Å².